The fourth-order valence-electron chi connectivity index (χ4n) is 0.789. The lowest BCUT2D eigenvalue weighted by Gasteiger charge is -2.07. The van der Waals surface area contributed by atoms with Crippen molar-refractivity contribution in [3.8, 4) is 0 Å². The average Bonchev–Trinajstić information content (AvgIpc) is 2.20. The topological polar surface area (TPSA) is 47.6 Å². The second-order valence-corrected chi connectivity index (χ2v) is 3.72. The van der Waals surface area contributed by atoms with Crippen molar-refractivity contribution in [3.05, 3.63) is 0 Å². The lowest BCUT2D eigenvalue weighted by molar-refractivity contribution is -0.235. The number of carbonyl (C=O) groups excluding carboxylic acids is 1. The first-order valence-electron chi connectivity index (χ1n) is 4.69. The van der Waals surface area contributed by atoms with Gasteiger partial charge in [0.15, 0.2) is 0 Å². The maximum Gasteiger partial charge on any atom is 0.492 e. The van der Waals surface area contributed by atoms with E-state index in [0.717, 1.165) is 24.6 Å². The largest absolute Gasteiger partial charge is 0.492 e. The molecule has 0 unspecified atom stereocenters. The molecular formula is C8H13BrF3NO3. The number of rotatable bonds is 8. The monoisotopic (exact) mass is 307 g/mol. The summed E-state index contributed by atoms with van der Waals surface area (Å²) in [6.45, 7) is 0.188. The number of carbonyl (C=O) groups is 1. The molecule has 0 fully saturated rings. The lowest BCUT2D eigenvalue weighted by atomic mass is 10.2. The van der Waals surface area contributed by atoms with Gasteiger partial charge in [-0.3, -0.25) is 4.84 Å². The molecule has 8 heteroatoms. The first-order valence-corrected chi connectivity index (χ1v) is 5.81. The summed E-state index contributed by atoms with van der Waals surface area (Å²) in [5, 5.41) is 0.926. The molecule has 1 N–H and O–H groups in total. The molecule has 0 amide bonds. The van der Waals surface area contributed by atoms with Gasteiger partial charge in [0.25, 0.3) is 0 Å². The van der Waals surface area contributed by atoms with E-state index in [1.807, 2.05) is 0 Å². The summed E-state index contributed by atoms with van der Waals surface area (Å²) >= 11 is 3.27. The van der Waals surface area contributed by atoms with Crippen molar-refractivity contribution in [3.63, 3.8) is 0 Å². The number of unbranched alkanes of at least 4 members (excludes halogenated alkanes) is 3. The lowest BCUT2D eigenvalue weighted by Crippen LogP contribution is -2.31. The zero-order valence-electron chi connectivity index (χ0n) is 8.48. The highest BCUT2D eigenvalue weighted by molar-refractivity contribution is 9.09. The standard InChI is InChI=1S/C8H13BrF3NO3/c9-5-3-1-2-4-6-15-13-16-7(14)8(10,11)12/h13H,1-6H2. The Morgan fingerprint density at radius 3 is 2.38 bits per heavy atom. The fraction of sp³-hybridized carbons (Fsp3) is 0.875. The number of nitrogens with one attached hydrogen (secondary N) is 1. The van der Waals surface area contributed by atoms with Gasteiger partial charge in [0, 0.05) is 5.33 Å². The normalized spacial score (nSPS) is 11.5. The molecule has 0 aliphatic carbocycles. The zero-order chi connectivity index (χ0) is 12.4. The molecule has 0 aromatic rings. The van der Waals surface area contributed by atoms with Gasteiger partial charge in [0.05, 0.1) is 6.61 Å². The van der Waals surface area contributed by atoms with Crippen molar-refractivity contribution >= 4 is 21.9 Å². The van der Waals surface area contributed by atoms with Gasteiger partial charge in [0.1, 0.15) is 0 Å². The minimum Gasteiger partial charge on any atom is -0.337 e. The summed E-state index contributed by atoms with van der Waals surface area (Å²) < 4.78 is 34.8. The highest BCUT2D eigenvalue weighted by atomic mass is 79.9. The third-order valence-electron chi connectivity index (χ3n) is 1.55. The quantitative estimate of drug-likeness (QED) is 0.425. The van der Waals surface area contributed by atoms with Crippen LogP contribution in [0.15, 0.2) is 0 Å². The van der Waals surface area contributed by atoms with Gasteiger partial charge in [-0.05, 0) is 18.5 Å². The van der Waals surface area contributed by atoms with Gasteiger partial charge in [0.2, 0.25) is 0 Å². The molecule has 0 atom stereocenters. The summed E-state index contributed by atoms with van der Waals surface area (Å²) in [6, 6.07) is 0. The molecule has 0 spiro atoms. The van der Waals surface area contributed by atoms with Crippen LogP contribution in [0.2, 0.25) is 0 Å². The summed E-state index contributed by atoms with van der Waals surface area (Å²) in [4.78, 5) is 18.2. The van der Waals surface area contributed by atoms with E-state index >= 15 is 0 Å². The van der Waals surface area contributed by atoms with E-state index in [0.29, 0.717) is 6.42 Å². The molecule has 0 rings (SSSR count). The summed E-state index contributed by atoms with van der Waals surface area (Å²) in [5.41, 5.74) is 1.50. The first kappa shape index (κ1) is 15.7. The molecule has 96 valence electrons. The highest BCUT2D eigenvalue weighted by Crippen LogP contribution is 2.15. The van der Waals surface area contributed by atoms with E-state index in [-0.39, 0.29) is 6.61 Å². The average molecular weight is 308 g/mol. The smallest absolute Gasteiger partial charge is 0.337 e. The Morgan fingerprint density at radius 2 is 1.81 bits per heavy atom. The summed E-state index contributed by atoms with van der Waals surface area (Å²) in [7, 11) is 0. The minimum absolute atomic E-state index is 0.188. The van der Waals surface area contributed by atoms with Crippen LogP contribution in [-0.4, -0.2) is 24.1 Å². The van der Waals surface area contributed by atoms with E-state index in [2.05, 4.69) is 25.6 Å². The van der Waals surface area contributed by atoms with Crippen LogP contribution >= 0.6 is 15.9 Å². The molecular weight excluding hydrogens is 295 g/mol. The number of hydrogen-bond acceptors (Lipinski definition) is 4. The number of alkyl halides is 4. The molecule has 0 aliphatic heterocycles. The molecule has 16 heavy (non-hydrogen) atoms. The zero-order valence-corrected chi connectivity index (χ0v) is 10.1. The third kappa shape index (κ3) is 8.93. The Bertz CT molecular complexity index is 201. The highest BCUT2D eigenvalue weighted by Gasteiger charge is 2.41. The Morgan fingerprint density at radius 1 is 1.19 bits per heavy atom. The van der Waals surface area contributed by atoms with Crippen LogP contribution < -0.4 is 5.64 Å². The third-order valence-corrected chi connectivity index (χ3v) is 2.12. The van der Waals surface area contributed by atoms with E-state index in [1.165, 1.54) is 5.64 Å². The predicted molar refractivity (Wildman–Crippen MR) is 53.5 cm³/mol. The molecule has 0 aromatic carbocycles. The molecule has 0 aromatic heterocycles. The van der Waals surface area contributed by atoms with Crippen LogP contribution in [-0.2, 0) is 14.5 Å². The molecule has 0 saturated heterocycles. The van der Waals surface area contributed by atoms with Crippen molar-refractivity contribution < 1.29 is 27.6 Å². The predicted octanol–water partition coefficient (Wildman–Crippen LogP) is 2.48. The van der Waals surface area contributed by atoms with E-state index < -0.39 is 12.1 Å². The summed E-state index contributed by atoms with van der Waals surface area (Å²) in [5.74, 6) is -2.33. The van der Waals surface area contributed by atoms with Gasteiger partial charge in [-0.1, -0.05) is 28.8 Å². The summed E-state index contributed by atoms with van der Waals surface area (Å²) in [6.07, 6.45) is -1.37. The van der Waals surface area contributed by atoms with Gasteiger partial charge < -0.3 is 4.84 Å². The Hall–Kier alpha value is -0.340. The van der Waals surface area contributed by atoms with Crippen LogP contribution in [0.4, 0.5) is 13.2 Å². The van der Waals surface area contributed by atoms with Gasteiger partial charge in [-0.2, -0.15) is 13.2 Å². The van der Waals surface area contributed by atoms with Crippen molar-refractivity contribution in [1.82, 2.24) is 5.64 Å². The van der Waals surface area contributed by atoms with E-state index in [1.54, 1.807) is 0 Å². The van der Waals surface area contributed by atoms with Gasteiger partial charge >= 0.3 is 12.1 Å². The SMILES string of the molecule is O=C(ONOCCCCCCBr)C(F)(F)F. The second kappa shape index (κ2) is 8.77. The van der Waals surface area contributed by atoms with Crippen molar-refractivity contribution in [2.45, 2.75) is 31.9 Å². The number of hydrogen-bond donors (Lipinski definition) is 1. The van der Waals surface area contributed by atoms with Crippen LogP contribution in [0.25, 0.3) is 0 Å². The molecule has 0 saturated carbocycles. The Labute approximate surface area is 99.5 Å². The van der Waals surface area contributed by atoms with Crippen LogP contribution in [0.3, 0.4) is 0 Å². The molecule has 0 aliphatic rings. The van der Waals surface area contributed by atoms with Crippen LogP contribution in [0.5, 0.6) is 0 Å². The maximum absolute atomic E-state index is 11.6. The van der Waals surface area contributed by atoms with Crippen molar-refractivity contribution in [1.29, 1.82) is 0 Å². The second-order valence-electron chi connectivity index (χ2n) is 2.92. The number of halogens is 4. The molecule has 0 radical (unpaired) electrons. The Balaban J connectivity index is 3.25. The minimum atomic E-state index is -5.01. The van der Waals surface area contributed by atoms with E-state index in [9.17, 15) is 18.0 Å². The van der Waals surface area contributed by atoms with Crippen LogP contribution in [0, 0.1) is 0 Å². The van der Waals surface area contributed by atoms with Crippen LogP contribution in [0.1, 0.15) is 25.7 Å². The maximum atomic E-state index is 11.6. The first-order chi connectivity index (χ1) is 7.48. The van der Waals surface area contributed by atoms with E-state index in [4.69, 9.17) is 0 Å². The molecule has 0 bridgehead atoms. The Kier molecular flexibility index (Phi) is 8.58. The van der Waals surface area contributed by atoms with Crippen molar-refractivity contribution in [2.75, 3.05) is 11.9 Å². The van der Waals surface area contributed by atoms with Crippen molar-refractivity contribution in [2.24, 2.45) is 0 Å². The van der Waals surface area contributed by atoms with Gasteiger partial charge in [-0.25, -0.2) is 4.79 Å². The molecule has 0 heterocycles. The molecule has 4 nitrogen and oxygen atoms in total. The van der Waals surface area contributed by atoms with Gasteiger partial charge in [-0.15, -0.1) is 0 Å². The fourth-order valence-corrected chi connectivity index (χ4v) is 1.19.